The standard InChI is InChI=1S/C27H41N5O2/c1-18(2)25-30-29-19(3)32(25)23-16-21-12-13-22(17-23)31(21)15-14-24(20-10-8-7-9-11-20)28-26(33)34-27(4,5)6/h7-11,18,21-24H,12-17H2,1-6H3,(H,28,33)/t21?,22?,23?,24-/m0/s1/i3D3,7D,8D,9D,10D,11D,14D2,15D2,24D. The summed E-state index contributed by atoms with van der Waals surface area (Å²) in [5, 5.41) is 10.1. The molecule has 3 atom stereocenters. The lowest BCUT2D eigenvalue weighted by atomic mass is 9.95. The maximum absolute atomic E-state index is 13.1. The fourth-order valence-electron chi connectivity index (χ4n) is 4.66. The molecule has 0 saturated carbocycles. The van der Waals surface area contributed by atoms with E-state index in [1.807, 2.05) is 19.2 Å². The van der Waals surface area contributed by atoms with E-state index in [9.17, 15) is 11.6 Å². The number of carbonyl (C=O) groups is 1. The molecule has 1 amide bonds. The molecule has 2 aromatic rings. The summed E-state index contributed by atoms with van der Waals surface area (Å²) < 4.78 is 119. The van der Waals surface area contributed by atoms with E-state index < -0.39 is 91.3 Å². The van der Waals surface area contributed by atoms with Crippen LogP contribution in [0.4, 0.5) is 4.79 Å². The molecule has 1 aromatic carbocycles. The lowest BCUT2D eigenvalue weighted by molar-refractivity contribution is 0.0488. The molecule has 7 nitrogen and oxygen atoms in total. The molecule has 186 valence electrons. The van der Waals surface area contributed by atoms with Crippen molar-refractivity contribution in [1.82, 2.24) is 25.0 Å². The van der Waals surface area contributed by atoms with Crippen molar-refractivity contribution in [2.75, 3.05) is 6.50 Å². The number of alkyl carbamates (subject to hydrolysis) is 1. The van der Waals surface area contributed by atoms with Crippen molar-refractivity contribution in [3.05, 3.63) is 47.4 Å². The van der Waals surface area contributed by atoms with Crippen molar-refractivity contribution in [3.8, 4) is 0 Å². The Labute approximate surface area is 222 Å². The molecule has 2 saturated heterocycles. The van der Waals surface area contributed by atoms with Gasteiger partial charge < -0.3 is 14.6 Å². The Kier molecular flexibility index (Phi) is 3.86. The molecule has 0 radical (unpaired) electrons. The Morgan fingerprint density at radius 2 is 1.91 bits per heavy atom. The van der Waals surface area contributed by atoms with E-state index in [4.69, 9.17) is 15.7 Å². The molecule has 2 aliphatic heterocycles. The molecule has 4 rings (SSSR count). The first-order valence-corrected chi connectivity index (χ1v) is 11.6. The van der Waals surface area contributed by atoms with Crippen LogP contribution < -0.4 is 5.32 Å². The van der Waals surface area contributed by atoms with Crippen LogP contribution in [0.3, 0.4) is 0 Å². The fraction of sp³-hybridized carbons (Fsp3) is 0.667. The van der Waals surface area contributed by atoms with Crippen LogP contribution in [0.5, 0.6) is 0 Å². The largest absolute Gasteiger partial charge is 0.444 e. The van der Waals surface area contributed by atoms with E-state index in [-0.39, 0.29) is 24.6 Å². The molecule has 1 aromatic heterocycles. The highest BCUT2D eigenvalue weighted by Crippen LogP contribution is 2.42. The second-order valence-corrected chi connectivity index (χ2v) is 10.1. The van der Waals surface area contributed by atoms with Crippen molar-refractivity contribution >= 4 is 6.09 Å². The average Bonchev–Trinajstić information content (AvgIpc) is 3.49. The molecule has 0 spiro atoms. The van der Waals surface area contributed by atoms with Crippen molar-refractivity contribution in [2.45, 2.75) is 109 Å². The van der Waals surface area contributed by atoms with Crippen LogP contribution >= 0.6 is 0 Å². The molecular formula is C27H41N5O2. The summed E-state index contributed by atoms with van der Waals surface area (Å²) in [7, 11) is 0. The number of amides is 1. The Hall–Kier alpha value is -2.41. The number of hydrogen-bond donors (Lipinski definition) is 1. The van der Waals surface area contributed by atoms with Gasteiger partial charge in [-0.2, -0.15) is 0 Å². The van der Waals surface area contributed by atoms with Crippen molar-refractivity contribution in [3.63, 3.8) is 0 Å². The molecule has 2 bridgehead atoms. The van der Waals surface area contributed by atoms with E-state index in [0.29, 0.717) is 18.7 Å². The molecule has 7 heteroatoms. The summed E-state index contributed by atoms with van der Waals surface area (Å²) in [4.78, 5) is 14.4. The predicted octanol–water partition coefficient (Wildman–Crippen LogP) is 5.53. The summed E-state index contributed by atoms with van der Waals surface area (Å²) in [6.45, 7) is 2.59. The maximum Gasteiger partial charge on any atom is 0.408 e. The first kappa shape index (κ1) is 13.1. The van der Waals surface area contributed by atoms with E-state index in [1.165, 1.54) is 25.7 Å². The second kappa shape index (κ2) is 10.1. The molecule has 34 heavy (non-hydrogen) atoms. The highest BCUT2D eigenvalue weighted by atomic mass is 16.6. The summed E-state index contributed by atoms with van der Waals surface area (Å²) in [5.74, 6) is 0.0976. The third kappa shape index (κ3) is 5.62. The Morgan fingerprint density at radius 3 is 2.50 bits per heavy atom. The highest BCUT2D eigenvalue weighted by Gasteiger charge is 2.42. The van der Waals surface area contributed by atoms with Crippen LogP contribution in [0, 0.1) is 6.85 Å². The molecule has 1 N–H and O–H groups in total. The lowest BCUT2D eigenvalue weighted by Gasteiger charge is -2.40. The quantitative estimate of drug-likeness (QED) is 0.564. The van der Waals surface area contributed by atoms with E-state index in [2.05, 4.69) is 10.2 Å². The van der Waals surface area contributed by atoms with Gasteiger partial charge in [-0.25, -0.2) is 4.79 Å². The zero-order valence-electron chi connectivity index (χ0n) is 33.2. The number of nitrogens with zero attached hydrogens (tertiary/aromatic N) is 4. The molecule has 3 heterocycles. The van der Waals surface area contributed by atoms with E-state index in [1.54, 1.807) is 4.57 Å². The summed E-state index contributed by atoms with van der Waals surface area (Å²) in [6.07, 6.45) is -3.59. The number of carbonyl (C=O) groups excluding carboxylic acids is 1. The van der Waals surface area contributed by atoms with Crippen molar-refractivity contribution in [2.24, 2.45) is 0 Å². The topological polar surface area (TPSA) is 72.3 Å². The van der Waals surface area contributed by atoms with Crippen molar-refractivity contribution in [1.29, 1.82) is 0 Å². The number of piperidine rings is 1. The third-order valence-electron chi connectivity index (χ3n) is 6.00. The lowest BCUT2D eigenvalue weighted by Crippen LogP contribution is -2.45. The van der Waals surface area contributed by atoms with Crippen LogP contribution in [0.2, 0.25) is 0 Å². The van der Waals surface area contributed by atoms with Gasteiger partial charge in [0.2, 0.25) is 0 Å². The monoisotopic (exact) mass is 480 g/mol. The Bertz CT molecular complexity index is 1500. The zero-order chi connectivity index (χ0) is 35.8. The Balaban J connectivity index is 1.83. The van der Waals surface area contributed by atoms with Gasteiger partial charge in [-0.1, -0.05) is 44.1 Å². The van der Waals surface area contributed by atoms with Crippen LogP contribution in [-0.2, 0) is 4.74 Å². The van der Waals surface area contributed by atoms with Gasteiger partial charge in [-0.05, 0) is 65.2 Å². The summed E-state index contributed by atoms with van der Waals surface area (Å²) in [6, 6.07) is -9.59. The van der Waals surface area contributed by atoms with Crippen LogP contribution in [0.15, 0.2) is 30.2 Å². The van der Waals surface area contributed by atoms with E-state index >= 15 is 0 Å². The fourth-order valence-corrected chi connectivity index (χ4v) is 4.66. The van der Waals surface area contributed by atoms with Gasteiger partial charge in [-0.3, -0.25) is 4.90 Å². The number of aryl methyl sites for hydroxylation is 1. The minimum absolute atomic E-state index is 0.171. The Morgan fingerprint density at radius 1 is 1.24 bits per heavy atom. The molecule has 2 unspecified atom stereocenters. The highest BCUT2D eigenvalue weighted by molar-refractivity contribution is 5.68. The van der Waals surface area contributed by atoms with Gasteiger partial charge in [0.05, 0.1) is 14.2 Å². The first-order chi connectivity index (χ1) is 21.3. The molecule has 2 fully saturated rings. The van der Waals surface area contributed by atoms with Crippen LogP contribution in [0.25, 0.3) is 0 Å². The number of ether oxygens (including phenoxy) is 1. The number of nitrogens with one attached hydrogen (secondary N) is 1. The van der Waals surface area contributed by atoms with Crippen LogP contribution in [0.1, 0.15) is 120 Å². The number of fused-ring (bicyclic) bond motifs is 2. The van der Waals surface area contributed by atoms with Gasteiger partial charge >= 0.3 is 6.09 Å². The minimum atomic E-state index is -3.47. The first-order valence-electron chi connectivity index (χ1n) is 18.1. The number of benzene rings is 1. The molecular weight excluding hydrogens is 426 g/mol. The molecule has 2 aliphatic rings. The maximum atomic E-state index is 13.1. The van der Waals surface area contributed by atoms with Crippen LogP contribution in [-0.4, -0.2) is 49.9 Å². The normalized spacial score (nSPS) is 31.5. The zero-order valence-corrected chi connectivity index (χ0v) is 20.2. The van der Waals surface area contributed by atoms with Crippen molar-refractivity contribution < 1.29 is 27.4 Å². The van der Waals surface area contributed by atoms with E-state index in [0.717, 1.165) is 0 Å². The van der Waals surface area contributed by atoms with Gasteiger partial charge in [0.15, 0.2) is 0 Å². The average molecular weight is 481 g/mol. The SMILES string of the molecule is [2H]c1c([2H])c([2H])c([C@@]([2H])(NC(=O)OC(C)(C)C)C([2H])([2H])C([2H])([2H])N2C3CCC2CC(n2c(C(C)C)nnc2C([2H])([2H])[2H])C3)c([2H])c1[2H]. The molecule has 0 aliphatic carbocycles. The third-order valence-corrected chi connectivity index (χ3v) is 6.00. The second-order valence-electron chi connectivity index (χ2n) is 10.1. The number of hydrogen-bond acceptors (Lipinski definition) is 5. The van der Waals surface area contributed by atoms with Gasteiger partial charge in [-0.15, -0.1) is 10.2 Å². The summed E-state index contributed by atoms with van der Waals surface area (Å²) in [5.41, 5.74) is -2.10. The number of rotatable bonds is 7. The van der Waals surface area contributed by atoms with Gasteiger partial charge in [0.25, 0.3) is 0 Å². The number of aromatic nitrogens is 3. The predicted molar refractivity (Wildman–Crippen MR) is 134 cm³/mol. The van der Waals surface area contributed by atoms with Gasteiger partial charge in [0, 0.05) is 40.1 Å². The smallest absolute Gasteiger partial charge is 0.408 e. The van der Waals surface area contributed by atoms with Gasteiger partial charge in [0.1, 0.15) is 17.2 Å². The summed E-state index contributed by atoms with van der Waals surface area (Å²) >= 11 is 0. The minimum Gasteiger partial charge on any atom is -0.444 e.